The van der Waals surface area contributed by atoms with Gasteiger partial charge in [0.2, 0.25) is 0 Å². The average molecular weight is 235 g/mol. The Morgan fingerprint density at radius 3 is 3.12 bits per heavy atom. The first-order chi connectivity index (χ1) is 8.18. The first kappa shape index (κ1) is 10.8. The fourth-order valence-electron chi connectivity index (χ4n) is 3.16. The summed E-state index contributed by atoms with van der Waals surface area (Å²) < 4.78 is 4.98. The summed E-state index contributed by atoms with van der Waals surface area (Å²) in [5, 5.41) is 7.04. The number of amides is 1. The largest absolute Gasteiger partial charge is 0.361 e. The van der Waals surface area contributed by atoms with Gasteiger partial charge in [-0.15, -0.1) is 0 Å². The molecular weight excluding hydrogens is 218 g/mol. The third kappa shape index (κ3) is 1.57. The van der Waals surface area contributed by atoms with Gasteiger partial charge in [0, 0.05) is 25.2 Å². The fraction of sp³-hybridized carbons (Fsp3) is 0.667. The number of hydrogen-bond donors (Lipinski definition) is 1. The highest BCUT2D eigenvalue weighted by atomic mass is 16.5. The maximum Gasteiger partial charge on any atom is 0.259 e. The number of aryl methyl sites for hydroxylation is 1. The number of nitrogens with zero attached hydrogens (tertiary/aromatic N) is 2. The molecule has 1 aromatic rings. The van der Waals surface area contributed by atoms with E-state index >= 15 is 0 Å². The summed E-state index contributed by atoms with van der Waals surface area (Å²) in [6.07, 6.45) is 2.62. The van der Waals surface area contributed by atoms with Crippen molar-refractivity contribution in [2.75, 3.05) is 13.1 Å². The molecule has 2 aliphatic rings. The Hall–Kier alpha value is -1.36. The minimum atomic E-state index is 0.0625. The third-order valence-electron chi connectivity index (χ3n) is 4.00. The van der Waals surface area contributed by atoms with Gasteiger partial charge in [-0.25, -0.2) is 0 Å². The Morgan fingerprint density at radius 2 is 2.41 bits per heavy atom. The van der Waals surface area contributed by atoms with Crippen molar-refractivity contribution < 1.29 is 9.32 Å². The van der Waals surface area contributed by atoms with E-state index in [0.717, 1.165) is 19.5 Å². The van der Waals surface area contributed by atoms with Gasteiger partial charge in [-0.05, 0) is 26.2 Å². The molecule has 1 N–H and O–H groups in total. The molecule has 3 rings (SSSR count). The highest BCUT2D eigenvalue weighted by molar-refractivity contribution is 5.95. The number of nitrogens with one attached hydrogen (secondary N) is 1. The van der Waals surface area contributed by atoms with E-state index in [0.29, 0.717) is 29.3 Å². The average Bonchev–Trinajstić information content (AvgIpc) is 2.92. The topological polar surface area (TPSA) is 58.4 Å². The zero-order valence-electron chi connectivity index (χ0n) is 10.1. The molecule has 2 aliphatic heterocycles. The standard InChI is InChI=1S/C12H17N3O2/c1-7-3-9-4-13-6-11(9)15(7)12(16)10-5-14-17-8(10)2/h5,7,9,11,13H,3-4,6H2,1-2H3. The van der Waals surface area contributed by atoms with E-state index in [-0.39, 0.29) is 5.91 Å². The van der Waals surface area contributed by atoms with E-state index in [1.54, 1.807) is 6.92 Å². The van der Waals surface area contributed by atoms with Gasteiger partial charge in [0.15, 0.2) is 0 Å². The first-order valence-electron chi connectivity index (χ1n) is 6.13. The molecule has 0 spiro atoms. The van der Waals surface area contributed by atoms with Crippen LogP contribution < -0.4 is 5.32 Å². The number of aromatic nitrogens is 1. The van der Waals surface area contributed by atoms with Crippen LogP contribution in [0.5, 0.6) is 0 Å². The maximum atomic E-state index is 12.5. The van der Waals surface area contributed by atoms with Crippen LogP contribution in [0.3, 0.4) is 0 Å². The van der Waals surface area contributed by atoms with Crippen LogP contribution in [0, 0.1) is 12.8 Å². The van der Waals surface area contributed by atoms with Crippen LogP contribution in [0.1, 0.15) is 29.5 Å². The van der Waals surface area contributed by atoms with Gasteiger partial charge in [0.05, 0.1) is 6.20 Å². The SMILES string of the molecule is Cc1oncc1C(=O)N1C(C)CC2CNCC21. The smallest absolute Gasteiger partial charge is 0.259 e. The Labute approximate surface area is 100 Å². The predicted molar refractivity (Wildman–Crippen MR) is 61.6 cm³/mol. The Morgan fingerprint density at radius 1 is 1.59 bits per heavy atom. The first-order valence-corrected chi connectivity index (χ1v) is 6.13. The molecule has 17 heavy (non-hydrogen) atoms. The zero-order valence-corrected chi connectivity index (χ0v) is 10.1. The number of rotatable bonds is 1. The van der Waals surface area contributed by atoms with Crippen LogP contribution in [0.25, 0.3) is 0 Å². The van der Waals surface area contributed by atoms with E-state index in [1.807, 2.05) is 4.90 Å². The second-order valence-electron chi connectivity index (χ2n) is 5.08. The Kier molecular flexibility index (Phi) is 2.43. The molecule has 3 atom stereocenters. The zero-order chi connectivity index (χ0) is 12.0. The molecule has 5 heteroatoms. The van der Waals surface area contributed by atoms with Crippen LogP contribution in [0.15, 0.2) is 10.7 Å². The number of carbonyl (C=O) groups excluding carboxylic acids is 1. The molecule has 1 aromatic heterocycles. The van der Waals surface area contributed by atoms with Crippen molar-refractivity contribution in [3.8, 4) is 0 Å². The molecular formula is C12H17N3O2. The minimum Gasteiger partial charge on any atom is -0.361 e. The van der Waals surface area contributed by atoms with Gasteiger partial charge >= 0.3 is 0 Å². The van der Waals surface area contributed by atoms with Crippen molar-refractivity contribution in [2.45, 2.75) is 32.4 Å². The van der Waals surface area contributed by atoms with Gasteiger partial charge in [-0.1, -0.05) is 5.16 Å². The second kappa shape index (κ2) is 3.84. The lowest BCUT2D eigenvalue weighted by Crippen LogP contribution is -2.42. The lowest BCUT2D eigenvalue weighted by molar-refractivity contribution is 0.0680. The Balaban J connectivity index is 1.88. The summed E-state index contributed by atoms with van der Waals surface area (Å²) in [6, 6.07) is 0.653. The molecule has 1 amide bonds. The molecule has 3 unspecified atom stereocenters. The molecule has 0 aromatic carbocycles. The normalized spacial score (nSPS) is 31.9. The van der Waals surface area contributed by atoms with Crippen LogP contribution in [0.4, 0.5) is 0 Å². The van der Waals surface area contributed by atoms with E-state index in [4.69, 9.17) is 4.52 Å². The van der Waals surface area contributed by atoms with Gasteiger partial charge in [0.1, 0.15) is 11.3 Å². The van der Waals surface area contributed by atoms with Crippen LogP contribution in [0.2, 0.25) is 0 Å². The molecule has 92 valence electrons. The maximum absolute atomic E-state index is 12.5. The number of fused-ring (bicyclic) bond motifs is 1. The summed E-state index contributed by atoms with van der Waals surface area (Å²) in [5.41, 5.74) is 0.601. The van der Waals surface area contributed by atoms with Crippen molar-refractivity contribution in [1.29, 1.82) is 0 Å². The van der Waals surface area contributed by atoms with Crippen LogP contribution in [-0.2, 0) is 0 Å². The third-order valence-corrected chi connectivity index (χ3v) is 4.00. The number of hydrogen-bond acceptors (Lipinski definition) is 4. The molecule has 2 saturated heterocycles. The van der Waals surface area contributed by atoms with E-state index in [2.05, 4.69) is 17.4 Å². The van der Waals surface area contributed by atoms with E-state index in [9.17, 15) is 4.79 Å². The molecule has 0 saturated carbocycles. The second-order valence-corrected chi connectivity index (χ2v) is 5.08. The molecule has 0 bridgehead atoms. The lowest BCUT2D eigenvalue weighted by atomic mass is 10.0. The van der Waals surface area contributed by atoms with Crippen molar-refractivity contribution in [3.05, 3.63) is 17.5 Å². The molecule has 0 radical (unpaired) electrons. The van der Waals surface area contributed by atoms with Gasteiger partial charge in [-0.3, -0.25) is 4.79 Å². The Bertz CT molecular complexity index is 443. The number of likely N-dealkylation sites (tertiary alicyclic amines) is 1. The van der Waals surface area contributed by atoms with Crippen molar-refractivity contribution in [1.82, 2.24) is 15.4 Å². The highest BCUT2D eigenvalue weighted by Crippen LogP contribution is 2.33. The molecule has 0 aliphatic carbocycles. The van der Waals surface area contributed by atoms with Crippen LogP contribution in [-0.4, -0.2) is 41.1 Å². The van der Waals surface area contributed by atoms with Gasteiger partial charge < -0.3 is 14.7 Å². The monoisotopic (exact) mass is 235 g/mol. The highest BCUT2D eigenvalue weighted by Gasteiger charge is 2.44. The summed E-state index contributed by atoms with van der Waals surface area (Å²) in [7, 11) is 0. The summed E-state index contributed by atoms with van der Waals surface area (Å²) in [6.45, 7) is 5.84. The van der Waals surface area contributed by atoms with Gasteiger partial charge in [-0.2, -0.15) is 0 Å². The molecule has 3 heterocycles. The van der Waals surface area contributed by atoms with Crippen molar-refractivity contribution >= 4 is 5.91 Å². The minimum absolute atomic E-state index is 0.0625. The summed E-state index contributed by atoms with van der Waals surface area (Å²) in [5.74, 6) is 1.28. The quantitative estimate of drug-likeness (QED) is 0.782. The fourth-order valence-corrected chi connectivity index (χ4v) is 3.16. The predicted octanol–water partition coefficient (Wildman–Crippen LogP) is 0.805. The van der Waals surface area contributed by atoms with Crippen molar-refractivity contribution in [3.63, 3.8) is 0 Å². The van der Waals surface area contributed by atoms with Crippen LogP contribution >= 0.6 is 0 Å². The summed E-state index contributed by atoms with van der Waals surface area (Å²) in [4.78, 5) is 14.5. The lowest BCUT2D eigenvalue weighted by Gasteiger charge is -2.27. The molecule has 2 fully saturated rings. The number of carbonyl (C=O) groups is 1. The summed E-state index contributed by atoms with van der Waals surface area (Å²) >= 11 is 0. The van der Waals surface area contributed by atoms with Crippen molar-refractivity contribution in [2.24, 2.45) is 5.92 Å². The van der Waals surface area contributed by atoms with E-state index < -0.39 is 0 Å². The van der Waals surface area contributed by atoms with E-state index in [1.165, 1.54) is 6.20 Å². The molecule has 5 nitrogen and oxygen atoms in total. The van der Waals surface area contributed by atoms with Gasteiger partial charge in [0.25, 0.3) is 5.91 Å².